The first-order valence-electron chi connectivity index (χ1n) is 6.17. The van der Waals surface area contributed by atoms with E-state index >= 15 is 0 Å². The highest BCUT2D eigenvalue weighted by Gasteiger charge is 1.98. The van der Waals surface area contributed by atoms with Crippen molar-refractivity contribution in [1.29, 1.82) is 0 Å². The topological polar surface area (TPSA) is 60.2 Å². The van der Waals surface area contributed by atoms with Crippen LogP contribution in [0.15, 0.2) is 18.3 Å². The van der Waals surface area contributed by atoms with Gasteiger partial charge in [0.2, 0.25) is 0 Å². The van der Waals surface area contributed by atoms with Crippen LogP contribution in [0.3, 0.4) is 0 Å². The van der Waals surface area contributed by atoms with Gasteiger partial charge in [0, 0.05) is 13.2 Å². The second-order valence-electron chi connectivity index (χ2n) is 4.52. The van der Waals surface area contributed by atoms with Crippen LogP contribution >= 0.6 is 12.2 Å². The summed E-state index contributed by atoms with van der Waals surface area (Å²) < 4.78 is 5.50. The van der Waals surface area contributed by atoms with Crippen molar-refractivity contribution < 1.29 is 4.74 Å². The van der Waals surface area contributed by atoms with Gasteiger partial charge in [0.05, 0.1) is 24.2 Å². The van der Waals surface area contributed by atoms with Crippen molar-refractivity contribution in [2.75, 3.05) is 25.1 Å². The van der Waals surface area contributed by atoms with Crippen molar-refractivity contribution in [3.05, 3.63) is 24.0 Å². The first kappa shape index (κ1) is 14.9. The molecule has 1 rings (SSSR count). The SMILES string of the molecule is CC(C)CCOCCNc1ccc(C(N)=S)nc1. The molecule has 3 N–H and O–H groups in total. The van der Waals surface area contributed by atoms with E-state index in [4.69, 9.17) is 22.7 Å². The van der Waals surface area contributed by atoms with Gasteiger partial charge < -0.3 is 15.8 Å². The first-order valence-corrected chi connectivity index (χ1v) is 6.58. The van der Waals surface area contributed by atoms with Crippen LogP contribution < -0.4 is 11.1 Å². The molecule has 0 atom stereocenters. The van der Waals surface area contributed by atoms with Gasteiger partial charge in [-0.05, 0) is 24.5 Å². The Morgan fingerprint density at radius 1 is 1.44 bits per heavy atom. The number of thiocarbonyl (C=S) groups is 1. The number of nitrogens with zero attached hydrogens (tertiary/aromatic N) is 1. The smallest absolute Gasteiger partial charge is 0.122 e. The van der Waals surface area contributed by atoms with Crippen molar-refractivity contribution in [2.24, 2.45) is 11.7 Å². The molecule has 0 aliphatic rings. The summed E-state index contributed by atoms with van der Waals surface area (Å²) >= 11 is 4.84. The van der Waals surface area contributed by atoms with E-state index in [0.717, 1.165) is 25.3 Å². The molecule has 5 heteroatoms. The molecule has 0 aliphatic carbocycles. The Bertz CT molecular complexity index is 365. The Kier molecular flexibility index (Phi) is 6.60. The number of anilines is 1. The third kappa shape index (κ3) is 5.93. The number of hydrogen-bond acceptors (Lipinski definition) is 4. The van der Waals surface area contributed by atoms with Crippen molar-refractivity contribution in [2.45, 2.75) is 20.3 Å². The van der Waals surface area contributed by atoms with E-state index in [1.54, 1.807) is 6.20 Å². The summed E-state index contributed by atoms with van der Waals surface area (Å²) in [4.78, 5) is 4.47. The van der Waals surface area contributed by atoms with E-state index in [1.807, 2.05) is 12.1 Å². The fraction of sp³-hybridized carbons (Fsp3) is 0.538. The predicted molar refractivity (Wildman–Crippen MR) is 78.9 cm³/mol. The van der Waals surface area contributed by atoms with Gasteiger partial charge in [0.25, 0.3) is 0 Å². The number of rotatable bonds is 8. The third-order valence-corrected chi connectivity index (χ3v) is 2.64. The van der Waals surface area contributed by atoms with Gasteiger partial charge >= 0.3 is 0 Å². The number of nitrogens with two attached hydrogens (primary N) is 1. The van der Waals surface area contributed by atoms with E-state index < -0.39 is 0 Å². The summed E-state index contributed by atoms with van der Waals surface area (Å²) in [7, 11) is 0. The van der Waals surface area contributed by atoms with Crippen LogP contribution in [0.5, 0.6) is 0 Å². The van der Waals surface area contributed by atoms with Crippen molar-refractivity contribution in [3.8, 4) is 0 Å². The Labute approximate surface area is 114 Å². The summed E-state index contributed by atoms with van der Waals surface area (Å²) in [5, 5.41) is 3.23. The van der Waals surface area contributed by atoms with Crippen LogP contribution in [0.2, 0.25) is 0 Å². The molecule has 4 nitrogen and oxygen atoms in total. The zero-order valence-corrected chi connectivity index (χ0v) is 11.8. The molecular weight excluding hydrogens is 246 g/mol. The van der Waals surface area contributed by atoms with Gasteiger partial charge in [-0.1, -0.05) is 26.1 Å². The van der Waals surface area contributed by atoms with Gasteiger partial charge in [-0.2, -0.15) is 0 Å². The largest absolute Gasteiger partial charge is 0.388 e. The average Bonchev–Trinajstić information content (AvgIpc) is 2.34. The van der Waals surface area contributed by atoms with Crippen LogP contribution in [-0.4, -0.2) is 29.7 Å². The van der Waals surface area contributed by atoms with Gasteiger partial charge in [0.15, 0.2) is 0 Å². The summed E-state index contributed by atoms with van der Waals surface area (Å²) in [6, 6.07) is 3.72. The molecule has 1 aromatic heterocycles. The summed E-state index contributed by atoms with van der Waals surface area (Å²) in [5.74, 6) is 0.690. The minimum Gasteiger partial charge on any atom is -0.388 e. The Morgan fingerprint density at radius 3 is 2.78 bits per heavy atom. The van der Waals surface area contributed by atoms with Gasteiger partial charge in [-0.25, -0.2) is 0 Å². The lowest BCUT2D eigenvalue weighted by atomic mass is 10.1. The monoisotopic (exact) mass is 267 g/mol. The van der Waals surface area contributed by atoms with E-state index in [1.165, 1.54) is 0 Å². The molecule has 0 aliphatic heterocycles. The fourth-order valence-electron chi connectivity index (χ4n) is 1.33. The highest BCUT2D eigenvalue weighted by Crippen LogP contribution is 2.05. The van der Waals surface area contributed by atoms with Crippen LogP contribution in [0.4, 0.5) is 5.69 Å². The summed E-state index contributed by atoms with van der Waals surface area (Å²) in [5.41, 5.74) is 7.06. The minimum atomic E-state index is 0.318. The minimum absolute atomic E-state index is 0.318. The highest BCUT2D eigenvalue weighted by molar-refractivity contribution is 7.80. The second kappa shape index (κ2) is 8.00. The zero-order valence-electron chi connectivity index (χ0n) is 11.0. The molecule has 0 unspecified atom stereocenters. The van der Waals surface area contributed by atoms with Crippen LogP contribution in [0.25, 0.3) is 0 Å². The van der Waals surface area contributed by atoms with Gasteiger partial charge in [-0.15, -0.1) is 0 Å². The molecular formula is C13H21N3OS. The molecule has 0 amide bonds. The van der Waals surface area contributed by atoms with Crippen molar-refractivity contribution in [1.82, 2.24) is 4.98 Å². The number of nitrogens with one attached hydrogen (secondary N) is 1. The second-order valence-corrected chi connectivity index (χ2v) is 4.96. The molecule has 0 saturated carbocycles. The highest BCUT2D eigenvalue weighted by atomic mass is 32.1. The predicted octanol–water partition coefficient (Wildman–Crippen LogP) is 2.19. The lowest BCUT2D eigenvalue weighted by molar-refractivity contribution is 0.132. The molecule has 1 aromatic rings. The maximum Gasteiger partial charge on any atom is 0.122 e. The number of aromatic nitrogens is 1. The molecule has 0 bridgehead atoms. The lowest BCUT2D eigenvalue weighted by Gasteiger charge is -2.08. The van der Waals surface area contributed by atoms with Crippen molar-refractivity contribution >= 4 is 22.9 Å². The number of pyridine rings is 1. The van der Waals surface area contributed by atoms with Crippen molar-refractivity contribution in [3.63, 3.8) is 0 Å². The maximum absolute atomic E-state index is 5.50. The van der Waals surface area contributed by atoms with Crippen LogP contribution in [0.1, 0.15) is 26.0 Å². The molecule has 0 radical (unpaired) electrons. The van der Waals surface area contributed by atoms with Crippen LogP contribution in [-0.2, 0) is 4.74 Å². The van der Waals surface area contributed by atoms with E-state index in [0.29, 0.717) is 23.2 Å². The Balaban J connectivity index is 2.17. The molecule has 0 saturated heterocycles. The molecule has 0 spiro atoms. The molecule has 0 aromatic carbocycles. The lowest BCUT2D eigenvalue weighted by Crippen LogP contribution is -2.13. The third-order valence-electron chi connectivity index (χ3n) is 2.43. The van der Waals surface area contributed by atoms with Gasteiger partial charge in [-0.3, -0.25) is 4.98 Å². The first-order chi connectivity index (χ1) is 8.59. The van der Waals surface area contributed by atoms with Gasteiger partial charge in [0.1, 0.15) is 4.99 Å². The van der Waals surface area contributed by atoms with Crippen LogP contribution in [0, 0.1) is 5.92 Å². The maximum atomic E-state index is 5.50. The van der Waals surface area contributed by atoms with E-state index in [9.17, 15) is 0 Å². The Hall–Kier alpha value is -1.20. The normalized spacial score (nSPS) is 10.6. The Morgan fingerprint density at radius 2 is 2.22 bits per heavy atom. The summed E-state index contributed by atoms with van der Waals surface area (Å²) in [6.45, 7) is 6.67. The molecule has 0 fully saturated rings. The zero-order chi connectivity index (χ0) is 13.4. The average molecular weight is 267 g/mol. The van der Waals surface area contributed by atoms with E-state index in [-0.39, 0.29) is 0 Å². The number of ether oxygens (including phenoxy) is 1. The molecule has 1 heterocycles. The number of hydrogen-bond donors (Lipinski definition) is 2. The standard InChI is InChI=1S/C13H21N3OS/c1-10(2)5-7-17-8-6-15-11-3-4-12(13(14)18)16-9-11/h3-4,9-10,15H,5-8H2,1-2H3,(H2,14,18). The summed E-state index contributed by atoms with van der Waals surface area (Å²) in [6.07, 6.45) is 2.83. The quantitative estimate of drug-likeness (QED) is 0.558. The molecule has 18 heavy (non-hydrogen) atoms. The molecule has 100 valence electrons. The fourth-order valence-corrected chi connectivity index (χ4v) is 1.45. The van der Waals surface area contributed by atoms with E-state index in [2.05, 4.69) is 24.1 Å².